The molecular weight excluding hydrogens is 428 g/mol. The van der Waals surface area contributed by atoms with E-state index in [0.717, 1.165) is 49.4 Å². The number of benzene rings is 2. The molecule has 0 radical (unpaired) electrons. The van der Waals surface area contributed by atoms with Gasteiger partial charge in [-0.05, 0) is 56.3 Å². The Balaban J connectivity index is 1.81. The zero-order chi connectivity index (χ0) is 24.2. The number of hydrogen-bond acceptors (Lipinski definition) is 5. The van der Waals surface area contributed by atoms with E-state index in [1.807, 2.05) is 43.3 Å². The first kappa shape index (κ1) is 24.0. The summed E-state index contributed by atoms with van der Waals surface area (Å²) in [6, 6.07) is 12.8. The summed E-state index contributed by atoms with van der Waals surface area (Å²) < 4.78 is 12.0. The molecule has 0 bridgehead atoms. The van der Waals surface area contributed by atoms with Crippen molar-refractivity contribution < 1.29 is 13.9 Å². The SMILES string of the molecule is CCCCOc1cccc(C2c3c(oc4ccc(C)cc4c3=O)C(=O)N2CCN(CC)CC)c1. The second-order valence-electron chi connectivity index (χ2n) is 8.88. The second kappa shape index (κ2) is 10.4. The van der Waals surface area contributed by atoms with Crippen LogP contribution in [0.3, 0.4) is 0 Å². The highest BCUT2D eigenvalue weighted by Crippen LogP contribution is 2.39. The number of nitrogens with zero attached hydrogens (tertiary/aromatic N) is 2. The van der Waals surface area contributed by atoms with Gasteiger partial charge in [-0.25, -0.2) is 0 Å². The van der Waals surface area contributed by atoms with Crippen LogP contribution >= 0.6 is 0 Å². The number of aryl methyl sites for hydroxylation is 1. The fourth-order valence-electron chi connectivity index (χ4n) is 4.61. The molecule has 2 aromatic carbocycles. The molecule has 4 rings (SSSR count). The first-order valence-electron chi connectivity index (χ1n) is 12.3. The fraction of sp³-hybridized carbons (Fsp3) is 0.429. The van der Waals surface area contributed by atoms with Crippen molar-refractivity contribution in [3.63, 3.8) is 0 Å². The predicted molar refractivity (Wildman–Crippen MR) is 135 cm³/mol. The van der Waals surface area contributed by atoms with Crippen molar-refractivity contribution in [2.75, 3.05) is 32.8 Å². The van der Waals surface area contributed by atoms with Crippen molar-refractivity contribution in [3.8, 4) is 5.75 Å². The van der Waals surface area contributed by atoms with Crippen LogP contribution in [0.25, 0.3) is 11.0 Å². The van der Waals surface area contributed by atoms with Gasteiger partial charge in [0.25, 0.3) is 5.91 Å². The molecule has 1 aliphatic heterocycles. The van der Waals surface area contributed by atoms with Gasteiger partial charge in [-0.2, -0.15) is 0 Å². The van der Waals surface area contributed by atoms with Crippen LogP contribution in [0, 0.1) is 6.92 Å². The van der Waals surface area contributed by atoms with Gasteiger partial charge >= 0.3 is 0 Å². The summed E-state index contributed by atoms with van der Waals surface area (Å²) in [5.74, 6) is 0.670. The van der Waals surface area contributed by atoms with Crippen molar-refractivity contribution in [3.05, 3.63) is 75.1 Å². The molecule has 0 fully saturated rings. The Bertz CT molecular complexity index is 1230. The summed E-state index contributed by atoms with van der Waals surface area (Å²) in [5, 5.41) is 0.512. The van der Waals surface area contributed by atoms with E-state index in [9.17, 15) is 9.59 Å². The fourth-order valence-corrected chi connectivity index (χ4v) is 4.61. The van der Waals surface area contributed by atoms with E-state index in [1.165, 1.54) is 0 Å². The monoisotopic (exact) mass is 462 g/mol. The molecule has 3 aromatic rings. The van der Waals surface area contributed by atoms with E-state index in [-0.39, 0.29) is 17.1 Å². The van der Waals surface area contributed by atoms with Crippen LogP contribution in [-0.4, -0.2) is 48.5 Å². The molecule has 6 nitrogen and oxygen atoms in total. The third-order valence-corrected chi connectivity index (χ3v) is 6.61. The quantitative estimate of drug-likeness (QED) is 0.389. The molecule has 0 saturated heterocycles. The molecule has 0 spiro atoms. The van der Waals surface area contributed by atoms with Gasteiger partial charge < -0.3 is 19.0 Å². The Kier molecular flexibility index (Phi) is 7.37. The molecule has 1 aliphatic rings. The van der Waals surface area contributed by atoms with Gasteiger partial charge in [0.2, 0.25) is 5.76 Å². The van der Waals surface area contributed by atoms with Crippen LogP contribution in [0.2, 0.25) is 0 Å². The lowest BCUT2D eigenvalue weighted by atomic mass is 9.98. The Morgan fingerprint density at radius 1 is 1.06 bits per heavy atom. The summed E-state index contributed by atoms with van der Waals surface area (Å²) in [6.07, 6.45) is 2.02. The highest BCUT2D eigenvalue weighted by atomic mass is 16.5. The smallest absolute Gasteiger partial charge is 0.290 e. The van der Waals surface area contributed by atoms with Gasteiger partial charge in [-0.15, -0.1) is 0 Å². The summed E-state index contributed by atoms with van der Waals surface area (Å²) >= 11 is 0. The maximum Gasteiger partial charge on any atom is 0.290 e. The first-order chi connectivity index (χ1) is 16.5. The molecule has 0 N–H and O–H groups in total. The van der Waals surface area contributed by atoms with E-state index >= 15 is 0 Å². The number of ether oxygens (including phenoxy) is 1. The number of amides is 1. The van der Waals surface area contributed by atoms with Crippen molar-refractivity contribution in [1.82, 2.24) is 9.80 Å². The molecule has 1 unspecified atom stereocenters. The Morgan fingerprint density at radius 3 is 2.59 bits per heavy atom. The average Bonchev–Trinajstić information content (AvgIpc) is 3.12. The number of carbonyl (C=O) groups is 1. The minimum absolute atomic E-state index is 0.138. The predicted octanol–water partition coefficient (Wildman–Crippen LogP) is 5.17. The van der Waals surface area contributed by atoms with Crippen molar-refractivity contribution in [1.29, 1.82) is 0 Å². The van der Waals surface area contributed by atoms with E-state index in [2.05, 4.69) is 25.7 Å². The van der Waals surface area contributed by atoms with E-state index in [0.29, 0.717) is 29.7 Å². The molecule has 1 atom stereocenters. The van der Waals surface area contributed by atoms with E-state index in [4.69, 9.17) is 9.15 Å². The van der Waals surface area contributed by atoms with Crippen molar-refractivity contribution in [2.24, 2.45) is 0 Å². The van der Waals surface area contributed by atoms with Gasteiger partial charge in [-0.3, -0.25) is 9.59 Å². The minimum atomic E-state index is -0.506. The van der Waals surface area contributed by atoms with Gasteiger partial charge in [0.05, 0.1) is 23.6 Å². The summed E-state index contributed by atoms with van der Waals surface area (Å²) in [5.41, 5.74) is 2.57. The van der Waals surface area contributed by atoms with Crippen molar-refractivity contribution in [2.45, 2.75) is 46.6 Å². The molecule has 0 saturated carbocycles. The Labute approximate surface area is 201 Å². The summed E-state index contributed by atoms with van der Waals surface area (Å²) in [4.78, 5) is 31.3. The lowest BCUT2D eigenvalue weighted by Gasteiger charge is -2.28. The molecule has 34 heavy (non-hydrogen) atoms. The molecule has 0 aliphatic carbocycles. The largest absolute Gasteiger partial charge is 0.494 e. The third kappa shape index (κ3) is 4.60. The average molecular weight is 463 g/mol. The van der Waals surface area contributed by atoms with Crippen molar-refractivity contribution >= 4 is 16.9 Å². The topological polar surface area (TPSA) is 63.0 Å². The van der Waals surface area contributed by atoms with Crippen LogP contribution in [-0.2, 0) is 0 Å². The van der Waals surface area contributed by atoms with Crippen LogP contribution in [0.5, 0.6) is 5.75 Å². The Morgan fingerprint density at radius 2 is 1.85 bits per heavy atom. The molecule has 6 heteroatoms. The van der Waals surface area contributed by atoms with Gasteiger partial charge in [0.1, 0.15) is 11.3 Å². The maximum atomic E-state index is 13.7. The van der Waals surface area contributed by atoms with Crippen LogP contribution in [0.4, 0.5) is 0 Å². The number of fused-ring (bicyclic) bond motifs is 2. The normalized spacial score (nSPS) is 15.4. The number of unbranched alkanes of at least 4 members (excludes halogenated alkanes) is 1. The third-order valence-electron chi connectivity index (χ3n) is 6.61. The summed E-state index contributed by atoms with van der Waals surface area (Å²) in [6.45, 7) is 12.0. The minimum Gasteiger partial charge on any atom is -0.494 e. The number of hydrogen-bond donors (Lipinski definition) is 0. The lowest BCUT2D eigenvalue weighted by molar-refractivity contribution is 0.0708. The van der Waals surface area contributed by atoms with E-state index < -0.39 is 6.04 Å². The molecule has 2 heterocycles. The van der Waals surface area contributed by atoms with Gasteiger partial charge in [0.15, 0.2) is 5.43 Å². The maximum absolute atomic E-state index is 13.7. The first-order valence-corrected chi connectivity index (χ1v) is 12.3. The highest BCUT2D eigenvalue weighted by Gasteiger charge is 2.42. The van der Waals surface area contributed by atoms with E-state index in [1.54, 1.807) is 11.0 Å². The number of carbonyl (C=O) groups excluding carboxylic acids is 1. The molecule has 1 aromatic heterocycles. The van der Waals surface area contributed by atoms with Gasteiger partial charge in [-0.1, -0.05) is 51.0 Å². The Hall–Kier alpha value is -3.12. The molecule has 180 valence electrons. The second-order valence-corrected chi connectivity index (χ2v) is 8.88. The zero-order valence-corrected chi connectivity index (χ0v) is 20.6. The van der Waals surface area contributed by atoms with Gasteiger partial charge in [0, 0.05) is 13.1 Å². The molecule has 1 amide bonds. The zero-order valence-electron chi connectivity index (χ0n) is 20.6. The standard InChI is InChI=1S/C28H34N2O4/c1-5-8-16-33-21-11-9-10-20(18-21)25-24-26(31)22-17-19(4)12-13-23(22)34-27(24)28(32)30(25)15-14-29(6-2)7-3/h9-13,17-18,25H,5-8,14-16H2,1-4H3. The number of rotatable bonds is 10. The highest BCUT2D eigenvalue weighted by molar-refractivity contribution is 5.99. The van der Waals surface area contributed by atoms with Crippen LogP contribution in [0.15, 0.2) is 51.7 Å². The number of likely N-dealkylation sites (N-methyl/N-ethyl adjacent to an activating group) is 1. The lowest BCUT2D eigenvalue weighted by Crippen LogP contribution is -2.37. The summed E-state index contributed by atoms with van der Waals surface area (Å²) in [7, 11) is 0. The van der Waals surface area contributed by atoms with Crippen LogP contribution in [0.1, 0.15) is 66.9 Å². The van der Waals surface area contributed by atoms with Crippen LogP contribution < -0.4 is 10.2 Å². The molecular formula is C28H34N2O4.